The molecule has 92 valence electrons. The summed E-state index contributed by atoms with van der Waals surface area (Å²) in [6.45, 7) is 3.07. The Bertz CT molecular complexity index is 416. The first-order chi connectivity index (χ1) is 7.93. The van der Waals surface area contributed by atoms with E-state index in [0.717, 1.165) is 0 Å². The van der Waals surface area contributed by atoms with E-state index in [0.29, 0.717) is 11.5 Å². The molecule has 1 aromatic rings. The van der Waals surface area contributed by atoms with Crippen LogP contribution in [0, 0.1) is 5.41 Å². The van der Waals surface area contributed by atoms with Crippen LogP contribution in [0.15, 0.2) is 24.3 Å². The summed E-state index contributed by atoms with van der Waals surface area (Å²) in [6, 6.07) is 7.66. The highest BCUT2D eigenvalue weighted by molar-refractivity contribution is 5.74. The van der Waals surface area contributed by atoms with Gasteiger partial charge in [0.05, 0.1) is 11.5 Å². The molecule has 2 N–H and O–H groups in total. The van der Waals surface area contributed by atoms with Crippen molar-refractivity contribution in [1.29, 1.82) is 0 Å². The summed E-state index contributed by atoms with van der Waals surface area (Å²) in [4.78, 5) is 11.1. The molecular formula is C14H18O3. The highest BCUT2D eigenvalue weighted by atomic mass is 16.4. The number of aliphatic hydroxyl groups is 1. The Labute approximate surface area is 101 Å². The molecule has 0 aliphatic heterocycles. The quantitative estimate of drug-likeness (QED) is 0.842. The molecule has 1 aromatic carbocycles. The molecule has 1 unspecified atom stereocenters. The molecule has 1 fully saturated rings. The number of carboxylic acids is 1. The van der Waals surface area contributed by atoms with Crippen molar-refractivity contribution in [2.75, 3.05) is 0 Å². The van der Waals surface area contributed by atoms with Gasteiger partial charge < -0.3 is 10.2 Å². The van der Waals surface area contributed by atoms with E-state index in [9.17, 15) is 9.90 Å². The second-order valence-electron chi connectivity index (χ2n) is 5.37. The van der Waals surface area contributed by atoms with E-state index in [1.54, 1.807) is 0 Å². The van der Waals surface area contributed by atoms with E-state index < -0.39 is 17.5 Å². The van der Waals surface area contributed by atoms with E-state index in [4.69, 9.17) is 5.11 Å². The van der Waals surface area contributed by atoms with Gasteiger partial charge in [-0.1, -0.05) is 24.3 Å². The molecular weight excluding hydrogens is 216 g/mol. The number of carboxylic acid groups (broad SMARTS) is 1. The molecule has 1 aliphatic rings. The third kappa shape index (κ3) is 2.34. The van der Waals surface area contributed by atoms with Crippen LogP contribution in [0.25, 0.3) is 0 Å². The largest absolute Gasteiger partial charge is 0.481 e. The molecule has 1 aliphatic carbocycles. The van der Waals surface area contributed by atoms with Gasteiger partial charge in [0.2, 0.25) is 0 Å². The molecule has 1 saturated carbocycles. The van der Waals surface area contributed by atoms with E-state index in [2.05, 4.69) is 0 Å². The minimum Gasteiger partial charge on any atom is -0.481 e. The van der Waals surface area contributed by atoms with Crippen LogP contribution in [-0.4, -0.2) is 16.2 Å². The Kier molecular flexibility index (Phi) is 2.96. The highest BCUT2D eigenvalue weighted by Gasteiger charge is 2.36. The zero-order valence-electron chi connectivity index (χ0n) is 10.2. The summed E-state index contributed by atoms with van der Waals surface area (Å²) >= 11 is 0. The number of hydrogen-bond acceptors (Lipinski definition) is 2. The zero-order chi connectivity index (χ0) is 12.6. The number of benzene rings is 1. The second kappa shape index (κ2) is 4.15. The minimum atomic E-state index is -1.17. The first kappa shape index (κ1) is 12.1. The highest BCUT2D eigenvalue weighted by Crippen LogP contribution is 2.41. The van der Waals surface area contributed by atoms with Crippen LogP contribution in [0.5, 0.6) is 0 Å². The molecule has 0 bridgehead atoms. The number of rotatable bonds is 4. The summed E-state index contributed by atoms with van der Waals surface area (Å²) in [7, 11) is 0. The van der Waals surface area contributed by atoms with Crippen molar-refractivity contribution in [2.45, 2.75) is 38.7 Å². The maximum atomic E-state index is 11.1. The van der Waals surface area contributed by atoms with Gasteiger partial charge in [-0.2, -0.15) is 0 Å². The standard InChI is InChI=1S/C14H18O3/c1-14(2,13(16)17)12(15)11-7-5-10(6-8-11)9-3-4-9/h5-9,12,15H,3-4H2,1-2H3,(H,16,17). The normalized spacial score (nSPS) is 17.8. The summed E-state index contributed by atoms with van der Waals surface area (Å²) < 4.78 is 0. The number of aliphatic hydroxyl groups excluding tert-OH is 1. The van der Waals surface area contributed by atoms with Crippen molar-refractivity contribution in [2.24, 2.45) is 5.41 Å². The fraction of sp³-hybridized carbons (Fsp3) is 0.500. The summed E-state index contributed by atoms with van der Waals surface area (Å²) in [5, 5.41) is 19.1. The summed E-state index contributed by atoms with van der Waals surface area (Å²) in [5.74, 6) is -0.315. The third-order valence-corrected chi connectivity index (χ3v) is 3.54. The minimum absolute atomic E-state index is 0.668. The molecule has 0 aromatic heterocycles. The monoisotopic (exact) mass is 234 g/mol. The van der Waals surface area contributed by atoms with Crippen molar-refractivity contribution >= 4 is 5.97 Å². The fourth-order valence-corrected chi connectivity index (χ4v) is 1.90. The fourth-order valence-electron chi connectivity index (χ4n) is 1.90. The SMILES string of the molecule is CC(C)(C(=O)O)C(O)c1ccc(C2CC2)cc1. The van der Waals surface area contributed by atoms with Crippen LogP contribution >= 0.6 is 0 Å². The first-order valence-corrected chi connectivity index (χ1v) is 5.94. The van der Waals surface area contributed by atoms with Gasteiger partial charge in [0.25, 0.3) is 0 Å². The van der Waals surface area contributed by atoms with Gasteiger partial charge >= 0.3 is 5.97 Å². The van der Waals surface area contributed by atoms with E-state index in [-0.39, 0.29) is 0 Å². The Morgan fingerprint density at radius 1 is 1.29 bits per heavy atom. The van der Waals surface area contributed by atoms with Gasteiger partial charge in [0, 0.05) is 0 Å². The average molecular weight is 234 g/mol. The van der Waals surface area contributed by atoms with Gasteiger partial charge in [-0.3, -0.25) is 4.79 Å². The molecule has 1 atom stereocenters. The predicted molar refractivity (Wildman–Crippen MR) is 64.8 cm³/mol. The maximum absolute atomic E-state index is 11.1. The average Bonchev–Trinajstić information content (AvgIpc) is 3.12. The van der Waals surface area contributed by atoms with Crippen LogP contribution in [0.4, 0.5) is 0 Å². The molecule has 0 heterocycles. The Morgan fingerprint density at radius 2 is 1.82 bits per heavy atom. The predicted octanol–water partition coefficient (Wildman–Crippen LogP) is 2.71. The Hall–Kier alpha value is -1.35. The summed E-state index contributed by atoms with van der Waals surface area (Å²) in [6.07, 6.45) is 1.50. The van der Waals surface area contributed by atoms with Crippen molar-refractivity contribution in [3.8, 4) is 0 Å². The maximum Gasteiger partial charge on any atom is 0.312 e. The topological polar surface area (TPSA) is 57.5 Å². The molecule has 3 nitrogen and oxygen atoms in total. The molecule has 0 radical (unpaired) electrons. The Morgan fingerprint density at radius 3 is 2.24 bits per heavy atom. The zero-order valence-corrected chi connectivity index (χ0v) is 10.2. The van der Waals surface area contributed by atoms with Crippen LogP contribution in [0.2, 0.25) is 0 Å². The Balaban J connectivity index is 2.18. The van der Waals surface area contributed by atoms with E-state index in [1.807, 2.05) is 24.3 Å². The van der Waals surface area contributed by atoms with Crippen molar-refractivity contribution in [3.63, 3.8) is 0 Å². The van der Waals surface area contributed by atoms with Crippen LogP contribution in [-0.2, 0) is 4.79 Å². The molecule has 17 heavy (non-hydrogen) atoms. The lowest BCUT2D eigenvalue weighted by atomic mass is 9.82. The smallest absolute Gasteiger partial charge is 0.312 e. The van der Waals surface area contributed by atoms with Crippen LogP contribution in [0.3, 0.4) is 0 Å². The third-order valence-electron chi connectivity index (χ3n) is 3.54. The van der Waals surface area contributed by atoms with Crippen molar-refractivity contribution in [1.82, 2.24) is 0 Å². The van der Waals surface area contributed by atoms with Gasteiger partial charge in [-0.15, -0.1) is 0 Å². The van der Waals surface area contributed by atoms with Crippen molar-refractivity contribution < 1.29 is 15.0 Å². The second-order valence-corrected chi connectivity index (χ2v) is 5.37. The van der Waals surface area contributed by atoms with Gasteiger partial charge in [-0.25, -0.2) is 0 Å². The first-order valence-electron chi connectivity index (χ1n) is 5.94. The van der Waals surface area contributed by atoms with Crippen LogP contribution < -0.4 is 0 Å². The summed E-state index contributed by atoms with van der Waals surface area (Å²) in [5.41, 5.74) is 0.789. The lowest BCUT2D eigenvalue weighted by molar-refractivity contribution is -0.153. The van der Waals surface area contributed by atoms with Gasteiger partial charge in [0.1, 0.15) is 0 Å². The van der Waals surface area contributed by atoms with Gasteiger partial charge in [-0.05, 0) is 43.7 Å². The van der Waals surface area contributed by atoms with E-state index >= 15 is 0 Å². The van der Waals surface area contributed by atoms with Gasteiger partial charge in [0.15, 0.2) is 0 Å². The van der Waals surface area contributed by atoms with Crippen molar-refractivity contribution in [3.05, 3.63) is 35.4 Å². The van der Waals surface area contributed by atoms with Crippen LogP contribution in [0.1, 0.15) is 49.8 Å². The molecule has 0 saturated heterocycles. The number of carbonyl (C=O) groups is 1. The molecule has 0 spiro atoms. The lowest BCUT2D eigenvalue weighted by Gasteiger charge is -2.26. The molecule has 2 rings (SSSR count). The lowest BCUT2D eigenvalue weighted by Crippen LogP contribution is -2.31. The number of hydrogen-bond donors (Lipinski definition) is 2. The number of aliphatic carboxylic acids is 1. The molecule has 3 heteroatoms. The van der Waals surface area contributed by atoms with E-state index in [1.165, 1.54) is 32.3 Å². The molecule has 0 amide bonds.